The van der Waals surface area contributed by atoms with Crippen molar-refractivity contribution in [3.05, 3.63) is 51.1 Å². The van der Waals surface area contributed by atoms with Crippen molar-refractivity contribution in [1.82, 2.24) is 0 Å². The predicted molar refractivity (Wildman–Crippen MR) is 108 cm³/mol. The van der Waals surface area contributed by atoms with E-state index in [2.05, 4.69) is 5.32 Å². The molecule has 2 heterocycles. The van der Waals surface area contributed by atoms with Crippen LogP contribution in [0.15, 0.2) is 28.7 Å². The molecule has 0 bridgehead atoms. The second-order valence-corrected chi connectivity index (χ2v) is 8.04. The molecule has 2 aromatic heterocycles. The molecule has 1 aromatic carbocycles. The molecule has 1 atom stereocenters. The smallest absolute Gasteiger partial charge is 0.341 e. The van der Waals surface area contributed by atoms with Crippen LogP contribution in [0.3, 0.4) is 0 Å². The van der Waals surface area contributed by atoms with Crippen LogP contribution in [0.25, 0.3) is 11.0 Å². The van der Waals surface area contributed by atoms with Crippen LogP contribution in [-0.2, 0) is 20.7 Å². The number of carbonyl (C=O) groups is 3. The second-order valence-electron chi connectivity index (χ2n) is 6.50. The summed E-state index contributed by atoms with van der Waals surface area (Å²) in [5.74, 6) is -2.03. The Bertz CT molecular complexity index is 1150. The number of hydrogen-bond acceptors (Lipinski definition) is 7. The standard InChI is InChI=1S/C20H16ClNO6S/c1-26-19(24)11-4-6-14-15(11)16(20(25)27-2)18(29-14)22-17(23)13-8-9-7-10(21)3-5-12(9)28-13/h3,5,7-8,11H,4,6H2,1-2H3,(H,22,23). The lowest BCUT2D eigenvalue weighted by molar-refractivity contribution is -0.142. The first-order valence-corrected chi connectivity index (χ1v) is 9.94. The van der Waals surface area contributed by atoms with E-state index in [0.717, 1.165) is 4.88 Å². The van der Waals surface area contributed by atoms with Crippen LogP contribution in [0.5, 0.6) is 0 Å². The third-order valence-electron chi connectivity index (χ3n) is 4.84. The Morgan fingerprint density at radius 1 is 1.21 bits per heavy atom. The van der Waals surface area contributed by atoms with Crippen LogP contribution in [0.4, 0.5) is 5.00 Å². The number of nitrogens with one attached hydrogen (secondary N) is 1. The molecule has 29 heavy (non-hydrogen) atoms. The third-order valence-corrected chi connectivity index (χ3v) is 6.25. The molecule has 1 unspecified atom stereocenters. The van der Waals surface area contributed by atoms with Gasteiger partial charge in [0.25, 0.3) is 5.91 Å². The van der Waals surface area contributed by atoms with Gasteiger partial charge in [0, 0.05) is 15.3 Å². The molecular weight excluding hydrogens is 418 g/mol. The van der Waals surface area contributed by atoms with Crippen molar-refractivity contribution in [3.8, 4) is 0 Å². The van der Waals surface area contributed by atoms with Crippen molar-refractivity contribution < 1.29 is 28.3 Å². The molecule has 4 rings (SSSR count). The zero-order valence-corrected chi connectivity index (χ0v) is 17.1. The maximum absolute atomic E-state index is 12.8. The van der Waals surface area contributed by atoms with E-state index in [-0.39, 0.29) is 11.3 Å². The number of halogens is 1. The monoisotopic (exact) mass is 433 g/mol. The van der Waals surface area contributed by atoms with Crippen LogP contribution in [0.2, 0.25) is 5.02 Å². The molecule has 0 aliphatic heterocycles. The number of esters is 2. The molecule has 0 spiro atoms. The minimum atomic E-state index is -0.620. The summed E-state index contributed by atoms with van der Waals surface area (Å²) in [5.41, 5.74) is 1.28. The number of hydrogen-bond donors (Lipinski definition) is 1. The van der Waals surface area contributed by atoms with Gasteiger partial charge in [0.1, 0.15) is 10.6 Å². The average Bonchev–Trinajstić information content (AvgIpc) is 3.39. The van der Waals surface area contributed by atoms with Crippen molar-refractivity contribution in [2.24, 2.45) is 0 Å². The van der Waals surface area contributed by atoms with E-state index in [1.165, 1.54) is 25.6 Å². The van der Waals surface area contributed by atoms with Gasteiger partial charge in [-0.15, -0.1) is 11.3 Å². The molecule has 3 aromatic rings. The Kier molecular flexibility index (Phi) is 5.06. The largest absolute Gasteiger partial charge is 0.469 e. The van der Waals surface area contributed by atoms with E-state index in [1.54, 1.807) is 24.3 Å². The molecule has 0 radical (unpaired) electrons. The topological polar surface area (TPSA) is 94.8 Å². The second kappa shape index (κ2) is 7.53. The summed E-state index contributed by atoms with van der Waals surface area (Å²) in [6.07, 6.45) is 1.17. The number of methoxy groups -OCH3 is 2. The first-order valence-electron chi connectivity index (χ1n) is 8.75. The Hall–Kier alpha value is -2.84. The summed E-state index contributed by atoms with van der Waals surface area (Å²) in [5, 5.41) is 4.26. The van der Waals surface area contributed by atoms with Gasteiger partial charge in [-0.3, -0.25) is 9.59 Å². The normalized spacial score (nSPS) is 15.2. The highest BCUT2D eigenvalue weighted by Crippen LogP contribution is 2.46. The Balaban J connectivity index is 1.70. The SMILES string of the molecule is COC(=O)c1c(NC(=O)c2cc3cc(Cl)ccc3o2)sc2c1C(C(=O)OC)CC2. The number of fused-ring (bicyclic) bond motifs is 2. The average molecular weight is 434 g/mol. The minimum absolute atomic E-state index is 0.0798. The van der Waals surface area contributed by atoms with Gasteiger partial charge in [-0.05, 0) is 42.7 Å². The van der Waals surface area contributed by atoms with Crippen LogP contribution >= 0.6 is 22.9 Å². The number of rotatable bonds is 4. The summed E-state index contributed by atoms with van der Waals surface area (Å²) >= 11 is 7.23. The van der Waals surface area contributed by atoms with Crippen molar-refractivity contribution in [2.75, 3.05) is 19.5 Å². The highest BCUT2D eigenvalue weighted by atomic mass is 35.5. The van der Waals surface area contributed by atoms with Gasteiger partial charge in [0.2, 0.25) is 0 Å². The molecule has 9 heteroatoms. The van der Waals surface area contributed by atoms with E-state index >= 15 is 0 Å². The molecule has 1 aliphatic rings. The summed E-state index contributed by atoms with van der Waals surface area (Å²) in [7, 11) is 2.56. The number of carbonyl (C=O) groups excluding carboxylic acids is 3. The van der Waals surface area contributed by atoms with Gasteiger partial charge in [-0.25, -0.2) is 4.79 Å². The molecule has 1 amide bonds. The van der Waals surface area contributed by atoms with Crippen molar-refractivity contribution in [2.45, 2.75) is 18.8 Å². The summed E-state index contributed by atoms with van der Waals surface area (Å²) < 4.78 is 15.3. The van der Waals surface area contributed by atoms with Crippen molar-refractivity contribution >= 4 is 56.8 Å². The first-order chi connectivity index (χ1) is 13.9. The van der Waals surface area contributed by atoms with Crippen LogP contribution < -0.4 is 5.32 Å². The van der Waals surface area contributed by atoms with E-state index in [1.807, 2.05) is 0 Å². The molecular formula is C20H16ClNO6S. The molecule has 150 valence electrons. The lowest BCUT2D eigenvalue weighted by Gasteiger charge is -2.11. The number of benzene rings is 1. The van der Waals surface area contributed by atoms with Crippen molar-refractivity contribution in [1.29, 1.82) is 0 Å². The molecule has 0 fully saturated rings. The van der Waals surface area contributed by atoms with Crippen LogP contribution in [0.1, 0.15) is 43.7 Å². The third kappa shape index (κ3) is 3.38. The molecule has 7 nitrogen and oxygen atoms in total. The Morgan fingerprint density at radius 3 is 2.72 bits per heavy atom. The zero-order chi connectivity index (χ0) is 20.7. The number of thiophene rings is 1. The number of aryl methyl sites for hydroxylation is 1. The van der Waals surface area contributed by atoms with Gasteiger partial charge in [-0.1, -0.05) is 11.6 Å². The molecule has 1 N–H and O–H groups in total. The van der Waals surface area contributed by atoms with Crippen LogP contribution in [-0.4, -0.2) is 32.1 Å². The van der Waals surface area contributed by atoms with Gasteiger partial charge in [-0.2, -0.15) is 0 Å². The maximum Gasteiger partial charge on any atom is 0.341 e. The van der Waals surface area contributed by atoms with Gasteiger partial charge in [0.05, 0.1) is 25.7 Å². The Morgan fingerprint density at radius 2 is 2.00 bits per heavy atom. The summed E-state index contributed by atoms with van der Waals surface area (Å²) in [6, 6.07) is 6.61. The van der Waals surface area contributed by atoms with E-state index < -0.39 is 23.8 Å². The quantitative estimate of drug-likeness (QED) is 0.613. The van der Waals surface area contributed by atoms with Gasteiger partial charge < -0.3 is 19.2 Å². The van der Waals surface area contributed by atoms with E-state index in [4.69, 9.17) is 25.5 Å². The first kappa shape index (κ1) is 19.5. The molecule has 0 saturated heterocycles. The lowest BCUT2D eigenvalue weighted by atomic mass is 9.99. The number of furan rings is 1. The van der Waals surface area contributed by atoms with Crippen LogP contribution in [0, 0.1) is 0 Å². The fourth-order valence-electron chi connectivity index (χ4n) is 3.53. The maximum atomic E-state index is 12.8. The van der Waals surface area contributed by atoms with Gasteiger partial charge in [0.15, 0.2) is 5.76 Å². The zero-order valence-electron chi connectivity index (χ0n) is 15.5. The summed E-state index contributed by atoms with van der Waals surface area (Å²) in [6.45, 7) is 0. The van der Waals surface area contributed by atoms with Gasteiger partial charge >= 0.3 is 11.9 Å². The fourth-order valence-corrected chi connectivity index (χ4v) is 4.97. The van der Waals surface area contributed by atoms with Crippen molar-refractivity contribution in [3.63, 3.8) is 0 Å². The highest BCUT2D eigenvalue weighted by Gasteiger charge is 2.38. The highest BCUT2D eigenvalue weighted by molar-refractivity contribution is 7.17. The molecule has 1 aliphatic carbocycles. The fraction of sp³-hybridized carbons (Fsp3) is 0.250. The Labute approximate surface area is 174 Å². The predicted octanol–water partition coefficient (Wildman–Crippen LogP) is 4.39. The number of amides is 1. The number of ether oxygens (including phenoxy) is 2. The lowest BCUT2D eigenvalue weighted by Crippen LogP contribution is -2.17. The molecule has 0 saturated carbocycles. The number of anilines is 1. The summed E-state index contributed by atoms with van der Waals surface area (Å²) in [4.78, 5) is 38.2. The minimum Gasteiger partial charge on any atom is -0.469 e. The van der Waals surface area contributed by atoms with E-state index in [9.17, 15) is 14.4 Å². The van der Waals surface area contributed by atoms with E-state index in [0.29, 0.717) is 39.4 Å².